The first-order chi connectivity index (χ1) is 8.56. The third-order valence-electron chi connectivity index (χ3n) is 3.41. The van der Waals surface area contributed by atoms with Crippen molar-refractivity contribution in [1.82, 2.24) is 10.6 Å². The molecule has 0 saturated heterocycles. The Morgan fingerprint density at radius 1 is 1.33 bits per heavy atom. The molecule has 0 aromatic rings. The normalized spacial score (nSPS) is 20.8. The molecule has 1 aliphatic rings. The predicted molar refractivity (Wildman–Crippen MR) is 77.0 cm³/mol. The van der Waals surface area contributed by atoms with Gasteiger partial charge in [0.05, 0.1) is 5.60 Å². The molecule has 2 amide bonds. The molecule has 1 fully saturated rings. The van der Waals surface area contributed by atoms with Crippen molar-refractivity contribution in [3.8, 4) is 0 Å². The molecular weight excluding hydrogens is 248 g/mol. The first kappa shape index (κ1) is 15.6. The van der Waals surface area contributed by atoms with Crippen molar-refractivity contribution in [2.45, 2.75) is 57.1 Å². The zero-order valence-electron chi connectivity index (χ0n) is 11.5. The molecule has 4 nitrogen and oxygen atoms in total. The zero-order valence-corrected chi connectivity index (χ0v) is 12.3. The fraction of sp³-hybridized carbons (Fsp3) is 0.923. The third-order valence-corrected chi connectivity index (χ3v) is 4.24. The summed E-state index contributed by atoms with van der Waals surface area (Å²) in [5.41, 5.74) is -0.698. The maximum atomic E-state index is 11.7. The van der Waals surface area contributed by atoms with Crippen LogP contribution in [0.4, 0.5) is 4.79 Å². The van der Waals surface area contributed by atoms with E-state index in [0.29, 0.717) is 6.54 Å². The van der Waals surface area contributed by atoms with Crippen LogP contribution in [-0.4, -0.2) is 41.3 Å². The molecule has 1 saturated carbocycles. The average molecular weight is 274 g/mol. The number of amides is 2. The molecule has 0 radical (unpaired) electrons. The second kappa shape index (κ2) is 7.89. The van der Waals surface area contributed by atoms with Crippen LogP contribution in [0.15, 0.2) is 0 Å². The van der Waals surface area contributed by atoms with E-state index in [4.69, 9.17) is 0 Å². The van der Waals surface area contributed by atoms with Gasteiger partial charge in [-0.3, -0.25) is 0 Å². The summed E-state index contributed by atoms with van der Waals surface area (Å²) in [6.07, 6.45) is 8.12. The van der Waals surface area contributed by atoms with Gasteiger partial charge in [-0.25, -0.2) is 4.79 Å². The summed E-state index contributed by atoms with van der Waals surface area (Å²) in [5, 5.41) is 16.1. The van der Waals surface area contributed by atoms with Gasteiger partial charge < -0.3 is 15.7 Å². The van der Waals surface area contributed by atoms with Gasteiger partial charge in [0.25, 0.3) is 0 Å². The molecule has 0 bridgehead atoms. The monoisotopic (exact) mass is 274 g/mol. The average Bonchev–Trinajstić information content (AvgIpc) is 2.53. The summed E-state index contributed by atoms with van der Waals surface area (Å²) in [5.74, 6) is 0.900. The van der Waals surface area contributed by atoms with Crippen LogP contribution in [0.25, 0.3) is 0 Å². The lowest BCUT2D eigenvalue weighted by molar-refractivity contribution is 0.0276. The number of thioether (sulfide) groups is 1. The van der Waals surface area contributed by atoms with Gasteiger partial charge in [-0.05, 0) is 26.0 Å². The highest BCUT2D eigenvalue weighted by Gasteiger charge is 2.28. The van der Waals surface area contributed by atoms with Crippen LogP contribution >= 0.6 is 11.8 Å². The third kappa shape index (κ3) is 5.96. The molecule has 106 valence electrons. The fourth-order valence-electron chi connectivity index (χ4n) is 2.37. The number of carbonyl (C=O) groups is 1. The number of carbonyl (C=O) groups excluding carboxylic acids is 1. The second-order valence-electron chi connectivity index (χ2n) is 5.32. The minimum atomic E-state index is -0.698. The Morgan fingerprint density at radius 3 is 2.50 bits per heavy atom. The Hall–Kier alpha value is -0.420. The van der Waals surface area contributed by atoms with E-state index in [0.717, 1.165) is 31.4 Å². The Labute approximate surface area is 114 Å². The molecule has 0 aliphatic heterocycles. The molecule has 0 heterocycles. The molecule has 5 heteroatoms. The van der Waals surface area contributed by atoms with Crippen LogP contribution < -0.4 is 10.6 Å². The summed E-state index contributed by atoms with van der Waals surface area (Å²) in [6, 6.07) is -0.0157. The Balaban J connectivity index is 2.27. The van der Waals surface area contributed by atoms with E-state index >= 15 is 0 Å². The number of hydrogen-bond acceptors (Lipinski definition) is 3. The maximum Gasteiger partial charge on any atom is 0.315 e. The largest absolute Gasteiger partial charge is 0.388 e. The standard InChI is InChI=1S/C13H26N2O2S/c1-11(9-18-2)15-12(16)14-10-13(17)7-5-3-4-6-8-13/h11,17H,3-10H2,1-2H3,(H2,14,15,16). The van der Waals surface area contributed by atoms with Gasteiger partial charge in [0, 0.05) is 18.3 Å². The fourth-order valence-corrected chi connectivity index (χ4v) is 2.96. The number of urea groups is 1. The molecule has 0 aromatic heterocycles. The van der Waals surface area contributed by atoms with Crippen molar-refractivity contribution < 1.29 is 9.90 Å². The van der Waals surface area contributed by atoms with E-state index in [9.17, 15) is 9.90 Å². The first-order valence-electron chi connectivity index (χ1n) is 6.81. The zero-order chi connectivity index (χ0) is 13.4. The number of rotatable bonds is 5. The summed E-state index contributed by atoms with van der Waals surface area (Å²) in [4.78, 5) is 11.7. The van der Waals surface area contributed by atoms with Crippen molar-refractivity contribution in [2.24, 2.45) is 0 Å². The van der Waals surface area contributed by atoms with E-state index < -0.39 is 5.60 Å². The van der Waals surface area contributed by atoms with Crippen LogP contribution in [-0.2, 0) is 0 Å². The minimum Gasteiger partial charge on any atom is -0.388 e. The minimum absolute atomic E-state index is 0.156. The van der Waals surface area contributed by atoms with Crippen LogP contribution in [0, 0.1) is 0 Å². The molecule has 0 spiro atoms. The van der Waals surface area contributed by atoms with Gasteiger partial charge in [0.1, 0.15) is 0 Å². The van der Waals surface area contributed by atoms with Crippen LogP contribution in [0.5, 0.6) is 0 Å². The highest BCUT2D eigenvalue weighted by molar-refractivity contribution is 7.98. The lowest BCUT2D eigenvalue weighted by Gasteiger charge is -2.27. The molecule has 0 aromatic carbocycles. The van der Waals surface area contributed by atoms with Crippen molar-refractivity contribution in [3.63, 3.8) is 0 Å². The lowest BCUT2D eigenvalue weighted by atomic mass is 9.95. The van der Waals surface area contributed by atoms with Gasteiger partial charge in [-0.2, -0.15) is 11.8 Å². The van der Waals surface area contributed by atoms with Crippen molar-refractivity contribution in [3.05, 3.63) is 0 Å². The number of nitrogens with one attached hydrogen (secondary N) is 2. The molecule has 1 rings (SSSR count). The SMILES string of the molecule is CSCC(C)NC(=O)NCC1(O)CCCCCC1. The van der Waals surface area contributed by atoms with Crippen molar-refractivity contribution in [1.29, 1.82) is 0 Å². The lowest BCUT2D eigenvalue weighted by Crippen LogP contribution is -2.48. The summed E-state index contributed by atoms with van der Waals surface area (Å²) in [6.45, 7) is 2.35. The smallest absolute Gasteiger partial charge is 0.315 e. The predicted octanol–water partition coefficient (Wildman–Crippen LogP) is 2.12. The van der Waals surface area contributed by atoms with Crippen LogP contribution in [0.2, 0.25) is 0 Å². The van der Waals surface area contributed by atoms with Gasteiger partial charge in [-0.1, -0.05) is 25.7 Å². The first-order valence-corrected chi connectivity index (χ1v) is 8.21. The van der Waals surface area contributed by atoms with Gasteiger partial charge in [0.2, 0.25) is 0 Å². The van der Waals surface area contributed by atoms with Crippen LogP contribution in [0.3, 0.4) is 0 Å². The van der Waals surface area contributed by atoms with Gasteiger partial charge in [0.15, 0.2) is 0 Å². The summed E-state index contributed by atoms with van der Waals surface area (Å²) in [7, 11) is 0. The highest BCUT2D eigenvalue weighted by atomic mass is 32.2. The Morgan fingerprint density at radius 2 is 1.94 bits per heavy atom. The molecule has 3 N–H and O–H groups in total. The quantitative estimate of drug-likeness (QED) is 0.673. The molecule has 18 heavy (non-hydrogen) atoms. The van der Waals surface area contributed by atoms with E-state index in [-0.39, 0.29) is 12.1 Å². The van der Waals surface area contributed by atoms with Crippen LogP contribution in [0.1, 0.15) is 45.4 Å². The highest BCUT2D eigenvalue weighted by Crippen LogP contribution is 2.26. The second-order valence-corrected chi connectivity index (χ2v) is 6.23. The Kier molecular flexibility index (Phi) is 6.86. The maximum absolute atomic E-state index is 11.7. The van der Waals surface area contributed by atoms with E-state index in [1.165, 1.54) is 12.8 Å². The summed E-state index contributed by atoms with van der Waals surface area (Å²) >= 11 is 1.71. The van der Waals surface area contributed by atoms with E-state index in [1.54, 1.807) is 11.8 Å². The van der Waals surface area contributed by atoms with Crippen molar-refractivity contribution >= 4 is 17.8 Å². The van der Waals surface area contributed by atoms with E-state index in [2.05, 4.69) is 10.6 Å². The molecule has 1 unspecified atom stereocenters. The number of aliphatic hydroxyl groups is 1. The molecule has 1 atom stereocenters. The molecule has 1 aliphatic carbocycles. The summed E-state index contributed by atoms with van der Waals surface area (Å²) < 4.78 is 0. The Bertz CT molecular complexity index is 253. The van der Waals surface area contributed by atoms with Gasteiger partial charge >= 0.3 is 6.03 Å². The van der Waals surface area contributed by atoms with Gasteiger partial charge in [-0.15, -0.1) is 0 Å². The van der Waals surface area contributed by atoms with Crippen molar-refractivity contribution in [2.75, 3.05) is 18.6 Å². The molecular formula is C13H26N2O2S. The van der Waals surface area contributed by atoms with E-state index in [1.807, 2.05) is 13.2 Å². The topological polar surface area (TPSA) is 61.4 Å². The number of hydrogen-bond donors (Lipinski definition) is 3.